The molecule has 1 aromatic carbocycles. The molecular weight excluding hydrogens is 402 g/mol. The van der Waals surface area contributed by atoms with E-state index in [1.54, 1.807) is 0 Å². The third-order valence-corrected chi connectivity index (χ3v) is 6.08. The summed E-state index contributed by atoms with van der Waals surface area (Å²) >= 11 is 0. The van der Waals surface area contributed by atoms with Crippen LogP contribution in [0, 0.1) is 19.8 Å². The first-order chi connectivity index (χ1) is 15.2. The summed E-state index contributed by atoms with van der Waals surface area (Å²) in [6.07, 6.45) is 6.29. The molecule has 7 nitrogen and oxygen atoms in total. The summed E-state index contributed by atoms with van der Waals surface area (Å²) in [5.41, 5.74) is 8.43. The SMILES string of the molecule is Cc1ccc(NC(=O)CC(CCC(N)=O)c2nnc(CCCC(C)C)n2C2CC2)c(C)c1. The number of benzene rings is 1. The largest absolute Gasteiger partial charge is 0.370 e. The molecule has 1 aliphatic rings. The number of hydrogen-bond donors (Lipinski definition) is 2. The summed E-state index contributed by atoms with van der Waals surface area (Å²) in [7, 11) is 0. The van der Waals surface area contributed by atoms with E-state index in [-0.39, 0.29) is 30.6 Å². The molecular formula is C25H37N5O2. The molecule has 32 heavy (non-hydrogen) atoms. The minimum atomic E-state index is -0.362. The fourth-order valence-electron chi connectivity index (χ4n) is 4.20. The lowest BCUT2D eigenvalue weighted by Crippen LogP contribution is -2.21. The number of hydrogen-bond acceptors (Lipinski definition) is 4. The van der Waals surface area contributed by atoms with E-state index in [0.717, 1.165) is 60.6 Å². The average Bonchev–Trinajstić information content (AvgIpc) is 3.47. The van der Waals surface area contributed by atoms with E-state index in [4.69, 9.17) is 5.73 Å². The maximum Gasteiger partial charge on any atom is 0.225 e. The molecule has 0 bridgehead atoms. The average molecular weight is 440 g/mol. The number of aryl methyl sites for hydroxylation is 3. The number of anilines is 1. The molecule has 1 unspecified atom stereocenters. The van der Waals surface area contributed by atoms with Crippen molar-refractivity contribution in [2.24, 2.45) is 11.7 Å². The van der Waals surface area contributed by atoms with Gasteiger partial charge in [-0.3, -0.25) is 9.59 Å². The Hall–Kier alpha value is -2.70. The van der Waals surface area contributed by atoms with E-state index in [1.807, 2.05) is 32.0 Å². The molecule has 7 heteroatoms. The highest BCUT2D eigenvalue weighted by Gasteiger charge is 2.33. The van der Waals surface area contributed by atoms with Crippen LogP contribution in [0.3, 0.4) is 0 Å². The van der Waals surface area contributed by atoms with E-state index in [2.05, 4.69) is 33.9 Å². The van der Waals surface area contributed by atoms with Gasteiger partial charge in [0, 0.05) is 36.9 Å². The summed E-state index contributed by atoms with van der Waals surface area (Å²) in [5, 5.41) is 12.1. The standard InChI is InChI=1S/C25H37N5O2/c1-16(2)6-5-7-23-28-29-25(30(23)20-10-11-20)19(9-13-22(26)31)15-24(32)27-21-12-8-17(3)14-18(21)4/h8,12,14,16,19-20H,5-7,9-11,13,15H2,1-4H3,(H2,26,31)(H,27,32). The quantitative estimate of drug-likeness (QED) is 0.505. The molecule has 1 saturated carbocycles. The second-order valence-electron chi connectivity index (χ2n) is 9.63. The third-order valence-electron chi connectivity index (χ3n) is 6.08. The van der Waals surface area contributed by atoms with Crippen molar-refractivity contribution < 1.29 is 9.59 Å². The van der Waals surface area contributed by atoms with Gasteiger partial charge in [0.15, 0.2) is 0 Å². The zero-order chi connectivity index (χ0) is 23.3. The molecule has 2 aromatic rings. The van der Waals surface area contributed by atoms with Gasteiger partial charge in [-0.2, -0.15) is 0 Å². The number of carbonyl (C=O) groups is 2. The Morgan fingerprint density at radius 2 is 1.94 bits per heavy atom. The number of aromatic nitrogens is 3. The van der Waals surface area contributed by atoms with Crippen molar-refractivity contribution in [3.8, 4) is 0 Å². The normalized spacial score (nSPS) is 14.5. The number of nitrogens with zero attached hydrogens (tertiary/aromatic N) is 3. The molecule has 174 valence electrons. The van der Waals surface area contributed by atoms with Crippen molar-refractivity contribution in [3.05, 3.63) is 41.0 Å². The fourth-order valence-corrected chi connectivity index (χ4v) is 4.20. The van der Waals surface area contributed by atoms with Crippen LogP contribution in [0.2, 0.25) is 0 Å². The molecule has 0 saturated heterocycles. The Kier molecular flexibility index (Phi) is 8.04. The highest BCUT2D eigenvalue weighted by Crippen LogP contribution is 2.39. The lowest BCUT2D eigenvalue weighted by Gasteiger charge is -2.18. The van der Waals surface area contributed by atoms with Gasteiger partial charge in [0.2, 0.25) is 11.8 Å². The number of nitrogens with two attached hydrogens (primary N) is 1. The number of carbonyl (C=O) groups excluding carboxylic acids is 2. The van der Waals surface area contributed by atoms with Crippen LogP contribution in [-0.2, 0) is 16.0 Å². The minimum absolute atomic E-state index is 0.0851. The summed E-state index contributed by atoms with van der Waals surface area (Å²) in [6, 6.07) is 6.38. The topological polar surface area (TPSA) is 103 Å². The Balaban J connectivity index is 1.78. The number of amides is 2. The Bertz CT molecular complexity index is 946. The number of nitrogens with one attached hydrogen (secondary N) is 1. The van der Waals surface area contributed by atoms with Gasteiger partial charge < -0.3 is 15.6 Å². The zero-order valence-electron chi connectivity index (χ0n) is 19.9. The Morgan fingerprint density at radius 1 is 1.19 bits per heavy atom. The molecule has 0 radical (unpaired) electrons. The second kappa shape index (κ2) is 10.7. The van der Waals surface area contributed by atoms with Crippen molar-refractivity contribution in [1.29, 1.82) is 0 Å². The third kappa shape index (κ3) is 6.65. The van der Waals surface area contributed by atoms with Crippen LogP contribution >= 0.6 is 0 Å². The van der Waals surface area contributed by atoms with Crippen LogP contribution in [0.4, 0.5) is 5.69 Å². The predicted octanol–water partition coefficient (Wildman–Crippen LogP) is 4.59. The lowest BCUT2D eigenvalue weighted by atomic mass is 9.97. The highest BCUT2D eigenvalue weighted by molar-refractivity contribution is 5.92. The van der Waals surface area contributed by atoms with Crippen molar-refractivity contribution in [2.75, 3.05) is 5.32 Å². The van der Waals surface area contributed by atoms with Crippen LogP contribution in [0.1, 0.15) is 93.5 Å². The molecule has 0 spiro atoms. The van der Waals surface area contributed by atoms with Crippen LogP contribution < -0.4 is 11.1 Å². The van der Waals surface area contributed by atoms with Crippen LogP contribution in [0.25, 0.3) is 0 Å². The van der Waals surface area contributed by atoms with Gasteiger partial charge in [0.1, 0.15) is 11.6 Å². The van der Waals surface area contributed by atoms with Crippen LogP contribution in [0.15, 0.2) is 18.2 Å². The molecule has 1 heterocycles. The van der Waals surface area contributed by atoms with E-state index >= 15 is 0 Å². The molecule has 0 aliphatic heterocycles. The first-order valence-corrected chi connectivity index (χ1v) is 11.8. The van der Waals surface area contributed by atoms with Crippen molar-refractivity contribution in [3.63, 3.8) is 0 Å². The van der Waals surface area contributed by atoms with Gasteiger partial charge in [-0.05, 0) is 57.1 Å². The van der Waals surface area contributed by atoms with E-state index in [0.29, 0.717) is 18.4 Å². The minimum Gasteiger partial charge on any atom is -0.370 e. The van der Waals surface area contributed by atoms with Crippen molar-refractivity contribution in [1.82, 2.24) is 14.8 Å². The van der Waals surface area contributed by atoms with E-state index < -0.39 is 0 Å². The number of rotatable bonds is 12. The second-order valence-corrected chi connectivity index (χ2v) is 9.63. The number of primary amides is 1. The fraction of sp³-hybridized carbons (Fsp3) is 0.600. The summed E-state index contributed by atoms with van der Waals surface area (Å²) in [5.74, 6) is 1.84. The van der Waals surface area contributed by atoms with Gasteiger partial charge in [-0.15, -0.1) is 10.2 Å². The van der Waals surface area contributed by atoms with Gasteiger partial charge in [-0.1, -0.05) is 38.0 Å². The Labute approximate surface area is 191 Å². The monoisotopic (exact) mass is 439 g/mol. The highest BCUT2D eigenvalue weighted by atomic mass is 16.2. The van der Waals surface area contributed by atoms with Gasteiger partial charge in [0.25, 0.3) is 0 Å². The maximum absolute atomic E-state index is 12.9. The molecule has 3 rings (SSSR count). The van der Waals surface area contributed by atoms with Crippen molar-refractivity contribution >= 4 is 17.5 Å². The van der Waals surface area contributed by atoms with Crippen LogP contribution in [-0.4, -0.2) is 26.6 Å². The first-order valence-electron chi connectivity index (χ1n) is 11.8. The molecule has 1 atom stereocenters. The van der Waals surface area contributed by atoms with Gasteiger partial charge in [-0.25, -0.2) is 0 Å². The van der Waals surface area contributed by atoms with E-state index in [9.17, 15) is 9.59 Å². The maximum atomic E-state index is 12.9. The van der Waals surface area contributed by atoms with Gasteiger partial charge in [0.05, 0.1) is 0 Å². The summed E-state index contributed by atoms with van der Waals surface area (Å²) < 4.78 is 2.25. The zero-order valence-corrected chi connectivity index (χ0v) is 19.9. The van der Waals surface area contributed by atoms with Crippen LogP contribution in [0.5, 0.6) is 0 Å². The Morgan fingerprint density at radius 3 is 2.56 bits per heavy atom. The molecule has 3 N–H and O–H groups in total. The smallest absolute Gasteiger partial charge is 0.225 e. The van der Waals surface area contributed by atoms with Gasteiger partial charge >= 0.3 is 0 Å². The summed E-state index contributed by atoms with van der Waals surface area (Å²) in [4.78, 5) is 24.5. The van der Waals surface area contributed by atoms with E-state index in [1.165, 1.54) is 0 Å². The van der Waals surface area contributed by atoms with Crippen molar-refractivity contribution in [2.45, 2.75) is 91.0 Å². The predicted molar refractivity (Wildman–Crippen MR) is 126 cm³/mol. The first kappa shape index (κ1) is 24.0. The molecule has 1 aromatic heterocycles. The molecule has 1 aliphatic carbocycles. The lowest BCUT2D eigenvalue weighted by molar-refractivity contribution is -0.119. The molecule has 2 amide bonds. The molecule has 1 fully saturated rings. The summed E-state index contributed by atoms with van der Waals surface area (Å²) in [6.45, 7) is 8.47.